The molecule has 1 aliphatic rings. The number of hydrogen-bond acceptors (Lipinski definition) is 4. The fourth-order valence-electron chi connectivity index (χ4n) is 5.12. The van der Waals surface area contributed by atoms with Crippen LogP contribution in [0, 0.1) is 0 Å². The second-order valence-corrected chi connectivity index (χ2v) is 11.0. The van der Waals surface area contributed by atoms with Gasteiger partial charge in [-0.05, 0) is 46.6 Å². The Morgan fingerprint density at radius 1 is 0.795 bits per heavy atom. The minimum absolute atomic E-state index is 0.0779. The summed E-state index contributed by atoms with van der Waals surface area (Å²) in [5, 5.41) is 0. The van der Waals surface area contributed by atoms with E-state index in [4.69, 9.17) is 14.2 Å². The van der Waals surface area contributed by atoms with E-state index in [0.29, 0.717) is 6.61 Å². The van der Waals surface area contributed by atoms with Crippen molar-refractivity contribution in [2.24, 2.45) is 0 Å². The van der Waals surface area contributed by atoms with Gasteiger partial charge in [0, 0.05) is 12.8 Å². The van der Waals surface area contributed by atoms with E-state index in [2.05, 4.69) is 115 Å². The first-order chi connectivity index (χ1) is 19.3. The fourth-order valence-corrected chi connectivity index (χ4v) is 6.59. The van der Waals surface area contributed by atoms with Crippen LogP contribution in [0.15, 0.2) is 127 Å². The van der Waals surface area contributed by atoms with Crippen LogP contribution in [0.4, 0.5) is 0 Å². The molecule has 0 spiro atoms. The number of ether oxygens (including phenoxy) is 3. The molecule has 39 heavy (non-hydrogen) atoms. The SMILES string of the molecule is COc1ccc(C[C@@H]2OCCC(C=CCCSC(c3ccccc3)(c3ccccc3)c3ccccc3)O2)cc1. The molecule has 200 valence electrons. The molecule has 2 atom stereocenters. The molecule has 0 N–H and O–H groups in total. The smallest absolute Gasteiger partial charge is 0.162 e. The topological polar surface area (TPSA) is 27.7 Å². The average Bonchev–Trinajstić information content (AvgIpc) is 3.01. The van der Waals surface area contributed by atoms with E-state index in [1.165, 1.54) is 22.3 Å². The van der Waals surface area contributed by atoms with Crippen molar-refractivity contribution in [3.8, 4) is 5.75 Å². The zero-order chi connectivity index (χ0) is 26.8. The van der Waals surface area contributed by atoms with Crippen molar-refractivity contribution in [2.45, 2.75) is 36.4 Å². The highest BCUT2D eigenvalue weighted by molar-refractivity contribution is 8.00. The molecule has 0 aliphatic carbocycles. The number of hydrogen-bond donors (Lipinski definition) is 0. The molecular formula is C35H36O3S. The lowest BCUT2D eigenvalue weighted by Gasteiger charge is -2.35. The quantitative estimate of drug-likeness (QED) is 0.110. The third kappa shape index (κ3) is 6.83. The van der Waals surface area contributed by atoms with Crippen LogP contribution in [0.5, 0.6) is 5.75 Å². The molecule has 1 saturated heterocycles. The van der Waals surface area contributed by atoms with Gasteiger partial charge in [0.15, 0.2) is 6.29 Å². The summed E-state index contributed by atoms with van der Waals surface area (Å²) in [6.07, 6.45) is 6.93. The molecule has 1 aliphatic heterocycles. The molecule has 0 bridgehead atoms. The molecule has 1 heterocycles. The third-order valence-electron chi connectivity index (χ3n) is 7.09. The van der Waals surface area contributed by atoms with Gasteiger partial charge in [-0.1, -0.05) is 115 Å². The van der Waals surface area contributed by atoms with Crippen molar-refractivity contribution in [3.05, 3.63) is 150 Å². The maximum atomic E-state index is 6.26. The van der Waals surface area contributed by atoms with Crippen LogP contribution < -0.4 is 4.74 Å². The van der Waals surface area contributed by atoms with Crippen molar-refractivity contribution < 1.29 is 14.2 Å². The van der Waals surface area contributed by atoms with E-state index in [1.54, 1.807) is 7.11 Å². The van der Waals surface area contributed by atoms with Gasteiger partial charge in [0.25, 0.3) is 0 Å². The molecule has 0 saturated carbocycles. The van der Waals surface area contributed by atoms with Gasteiger partial charge in [-0.25, -0.2) is 0 Å². The zero-order valence-corrected chi connectivity index (χ0v) is 23.3. The van der Waals surface area contributed by atoms with E-state index in [0.717, 1.165) is 30.8 Å². The number of rotatable bonds is 11. The summed E-state index contributed by atoms with van der Waals surface area (Å²) in [5.74, 6) is 1.84. The first kappa shape index (κ1) is 27.3. The van der Waals surface area contributed by atoms with Gasteiger partial charge in [0.2, 0.25) is 0 Å². The van der Waals surface area contributed by atoms with Crippen molar-refractivity contribution in [3.63, 3.8) is 0 Å². The first-order valence-corrected chi connectivity index (χ1v) is 14.6. The van der Waals surface area contributed by atoms with Crippen LogP contribution in [0.3, 0.4) is 0 Å². The summed E-state index contributed by atoms with van der Waals surface area (Å²) in [7, 11) is 1.68. The van der Waals surface area contributed by atoms with Gasteiger partial charge in [0.05, 0.1) is 24.6 Å². The minimum atomic E-state index is -0.281. The fraction of sp³-hybridized carbons (Fsp3) is 0.257. The van der Waals surface area contributed by atoms with Gasteiger partial charge < -0.3 is 14.2 Å². The van der Waals surface area contributed by atoms with E-state index in [-0.39, 0.29) is 17.1 Å². The normalized spacial score (nSPS) is 17.8. The monoisotopic (exact) mass is 536 g/mol. The van der Waals surface area contributed by atoms with Gasteiger partial charge in [0.1, 0.15) is 5.75 Å². The molecule has 3 nitrogen and oxygen atoms in total. The van der Waals surface area contributed by atoms with Crippen molar-refractivity contribution in [1.82, 2.24) is 0 Å². The molecule has 5 rings (SSSR count). The maximum absolute atomic E-state index is 6.26. The van der Waals surface area contributed by atoms with Crippen molar-refractivity contribution in [2.75, 3.05) is 19.5 Å². The Morgan fingerprint density at radius 3 is 1.90 bits per heavy atom. The van der Waals surface area contributed by atoms with Crippen LogP contribution in [-0.2, 0) is 20.6 Å². The maximum Gasteiger partial charge on any atom is 0.162 e. The molecule has 4 aromatic rings. The third-order valence-corrected chi connectivity index (χ3v) is 8.67. The summed E-state index contributed by atoms with van der Waals surface area (Å²) in [6, 6.07) is 40.7. The van der Waals surface area contributed by atoms with E-state index >= 15 is 0 Å². The van der Waals surface area contributed by atoms with Gasteiger partial charge in [-0.3, -0.25) is 0 Å². The summed E-state index contributed by atoms with van der Waals surface area (Å²) in [4.78, 5) is 0. The first-order valence-electron chi connectivity index (χ1n) is 13.6. The van der Waals surface area contributed by atoms with Crippen LogP contribution in [0.25, 0.3) is 0 Å². The lowest BCUT2D eigenvalue weighted by Crippen LogP contribution is -2.32. The summed E-state index contributed by atoms with van der Waals surface area (Å²) in [5.41, 5.74) is 5.07. The highest BCUT2D eigenvalue weighted by Gasteiger charge is 2.36. The molecule has 0 radical (unpaired) electrons. The highest BCUT2D eigenvalue weighted by Crippen LogP contribution is 2.48. The predicted molar refractivity (Wildman–Crippen MR) is 161 cm³/mol. The zero-order valence-electron chi connectivity index (χ0n) is 22.4. The molecule has 1 fully saturated rings. The summed E-state index contributed by atoms with van der Waals surface area (Å²) < 4.78 is 17.1. The number of benzene rings is 4. The van der Waals surface area contributed by atoms with Crippen LogP contribution in [-0.4, -0.2) is 31.9 Å². The van der Waals surface area contributed by atoms with E-state index in [9.17, 15) is 0 Å². The Balaban J connectivity index is 1.25. The summed E-state index contributed by atoms with van der Waals surface area (Å²) in [6.45, 7) is 0.712. The van der Waals surface area contributed by atoms with Crippen LogP contribution in [0.1, 0.15) is 35.1 Å². The Bertz CT molecular complexity index is 1190. The van der Waals surface area contributed by atoms with Crippen LogP contribution >= 0.6 is 11.8 Å². The number of thioether (sulfide) groups is 1. The predicted octanol–water partition coefficient (Wildman–Crippen LogP) is 8.04. The summed E-state index contributed by atoms with van der Waals surface area (Å²) >= 11 is 1.99. The van der Waals surface area contributed by atoms with Crippen molar-refractivity contribution >= 4 is 11.8 Å². The molecule has 4 heteroatoms. The average molecular weight is 537 g/mol. The molecule has 1 unspecified atom stereocenters. The minimum Gasteiger partial charge on any atom is -0.497 e. The molecule has 0 amide bonds. The molecule has 4 aromatic carbocycles. The number of allylic oxidation sites excluding steroid dienone is 1. The lowest BCUT2D eigenvalue weighted by atomic mass is 9.84. The van der Waals surface area contributed by atoms with E-state index < -0.39 is 0 Å². The van der Waals surface area contributed by atoms with E-state index in [1.807, 2.05) is 23.9 Å². The number of methoxy groups -OCH3 is 1. The van der Waals surface area contributed by atoms with Crippen molar-refractivity contribution in [1.29, 1.82) is 0 Å². The standard InChI is InChI=1S/C35H36O3S/c1-36-32-22-20-28(21-23-32)27-34-37-25-24-33(38-34)19-11-12-26-39-35(29-13-5-2-6-14-29,30-15-7-3-8-16-30)31-17-9-4-10-18-31/h2-11,13-23,33-34H,12,24-27H2,1H3/t33?,34-/m1/s1. The van der Waals surface area contributed by atoms with Crippen LogP contribution in [0.2, 0.25) is 0 Å². The Kier molecular flexibility index (Phi) is 9.55. The largest absolute Gasteiger partial charge is 0.497 e. The van der Waals surface area contributed by atoms with Gasteiger partial charge >= 0.3 is 0 Å². The van der Waals surface area contributed by atoms with Gasteiger partial charge in [-0.2, -0.15) is 0 Å². The lowest BCUT2D eigenvalue weighted by molar-refractivity contribution is -0.198. The molecular weight excluding hydrogens is 500 g/mol. The highest BCUT2D eigenvalue weighted by atomic mass is 32.2. The second kappa shape index (κ2) is 13.7. The Morgan fingerprint density at radius 2 is 1.36 bits per heavy atom. The second-order valence-electron chi connectivity index (χ2n) is 9.66. The van der Waals surface area contributed by atoms with Gasteiger partial charge in [-0.15, -0.1) is 11.8 Å². The molecule has 0 aromatic heterocycles. The Hall–Kier alpha value is -3.31. The Labute approximate surface area is 236 Å².